The predicted molar refractivity (Wildman–Crippen MR) is 48.3 cm³/mol. The first-order chi connectivity index (χ1) is 6.97. The summed E-state index contributed by atoms with van der Waals surface area (Å²) >= 11 is -6.18. The molecule has 82 valence electrons. The zero-order valence-corrected chi connectivity index (χ0v) is 11.8. The predicted octanol–water partition coefficient (Wildman–Crippen LogP) is -2.41. The second-order valence-corrected chi connectivity index (χ2v) is 21.4. The van der Waals surface area contributed by atoms with Crippen LogP contribution in [0, 0.1) is 0 Å². The van der Waals surface area contributed by atoms with Crippen LogP contribution < -0.4 is 0 Å². The Morgan fingerprint density at radius 2 is 0.667 bits per heavy atom. The maximum absolute atomic E-state index is 10.6. The van der Waals surface area contributed by atoms with Gasteiger partial charge in [0.25, 0.3) is 0 Å². The van der Waals surface area contributed by atoms with Crippen LogP contribution in [-0.4, -0.2) is 44.3 Å². The van der Waals surface area contributed by atoms with Gasteiger partial charge in [0.1, 0.15) is 0 Å². The minimum absolute atomic E-state index is 0.382. The fourth-order valence-electron chi connectivity index (χ4n) is 0.340. The van der Waals surface area contributed by atoms with E-state index in [1.807, 2.05) is 0 Å². The average Bonchev–Trinajstić information content (AvgIpc) is 2.39. The molecule has 0 aromatic carbocycles. The van der Waals surface area contributed by atoms with Crippen molar-refractivity contribution in [3.8, 4) is 0 Å². The topological polar surface area (TPSA) is 119 Å². The molecule has 0 aromatic rings. The molecule has 7 nitrogen and oxygen atoms in total. The quantitative estimate of drug-likeness (QED) is 0.359. The summed E-state index contributed by atoms with van der Waals surface area (Å²) in [7, 11) is 0. The molecule has 0 amide bonds. The van der Waals surface area contributed by atoms with Crippen LogP contribution in [0.4, 0.5) is 0 Å². The van der Waals surface area contributed by atoms with Gasteiger partial charge < -0.3 is 0 Å². The monoisotopic (exact) mass is 402 g/mol. The van der Waals surface area contributed by atoms with Crippen LogP contribution in [-0.2, 0) is 46.1 Å². The van der Waals surface area contributed by atoms with E-state index in [1.54, 1.807) is 0 Å². The summed E-state index contributed by atoms with van der Waals surface area (Å²) < 4.78 is 5.99. The second-order valence-electron chi connectivity index (χ2n) is 2.62. The minimum atomic E-state index is -6.79. The molecule has 0 aliphatic heterocycles. The Balaban J connectivity index is 0. The second kappa shape index (κ2) is 4.71. The van der Waals surface area contributed by atoms with Gasteiger partial charge in [0.2, 0.25) is 0 Å². The van der Waals surface area contributed by atoms with Gasteiger partial charge in [-0.25, -0.2) is 0 Å². The van der Waals surface area contributed by atoms with E-state index >= 15 is 0 Å². The van der Waals surface area contributed by atoms with Crippen LogP contribution in [0.2, 0.25) is 0 Å². The standard InChI is InChI=1S/6CHO.Al.O.W.H/c6*1-2;;;;/h6*1H;;;;. The third-order valence-electron chi connectivity index (χ3n) is 1.67. The third-order valence-corrected chi connectivity index (χ3v) is 13.6. The molecule has 9 heteroatoms. The SMILES string of the molecule is O=[CH][W]([CH]=O)([CH]=O)([CH]=O)([CH]=O)[CH]=O.[O]=[AlH]. The van der Waals surface area contributed by atoms with E-state index in [1.165, 1.54) is 0 Å². The zero-order chi connectivity index (χ0) is 12.7. The summed E-state index contributed by atoms with van der Waals surface area (Å²) in [6, 6.07) is 0. The van der Waals surface area contributed by atoms with E-state index < -0.39 is 13.6 Å². The Hall–Kier alpha value is -0.959. The van der Waals surface area contributed by atoms with E-state index in [-0.39, 0.29) is 28.1 Å². The molecule has 0 fully saturated rings. The normalized spacial score (nSPS) is 13.8. The van der Waals surface area contributed by atoms with E-state index in [0.29, 0.717) is 16.2 Å². The summed E-state index contributed by atoms with van der Waals surface area (Å²) in [5, 5.41) is 0. The van der Waals surface area contributed by atoms with Crippen LogP contribution >= 0.6 is 0 Å². The number of carbonyl (C=O) groups is 6. The van der Waals surface area contributed by atoms with E-state index in [2.05, 4.69) is 0 Å². The van der Waals surface area contributed by atoms with Crippen molar-refractivity contribution in [3.05, 3.63) is 0 Å². The number of hydrogen-bond donors (Lipinski definition) is 0. The van der Waals surface area contributed by atoms with Gasteiger partial charge >= 0.3 is 90.4 Å². The molecular weight excluding hydrogens is 395 g/mol. The third kappa shape index (κ3) is 1.88. The van der Waals surface area contributed by atoms with Crippen LogP contribution in [0.5, 0.6) is 0 Å². The van der Waals surface area contributed by atoms with Crippen LogP contribution in [0.15, 0.2) is 0 Å². The Labute approximate surface area is 90.3 Å². The number of hydrogen-bond acceptors (Lipinski definition) is 7. The number of carbonyl (C=O) groups excluding carboxylic acids is 6. The molecular formula is C6H7AlO7W. The van der Waals surface area contributed by atoms with Crippen molar-refractivity contribution >= 4 is 44.3 Å². The van der Waals surface area contributed by atoms with E-state index in [4.69, 9.17) is 3.80 Å². The zero-order valence-electron chi connectivity index (χ0n) is 7.44. The van der Waals surface area contributed by atoms with Gasteiger partial charge in [-0.15, -0.1) is 0 Å². The van der Waals surface area contributed by atoms with Crippen LogP contribution in [0.1, 0.15) is 0 Å². The molecule has 0 aliphatic carbocycles. The van der Waals surface area contributed by atoms with Crippen molar-refractivity contribution in [1.82, 2.24) is 0 Å². The molecule has 0 spiro atoms. The van der Waals surface area contributed by atoms with Gasteiger partial charge in [-0.2, -0.15) is 0 Å². The average molecular weight is 402 g/mol. The molecule has 0 unspecified atom stereocenters. The van der Waals surface area contributed by atoms with Gasteiger partial charge in [-0.3, -0.25) is 0 Å². The number of rotatable bonds is 6. The Morgan fingerprint density at radius 3 is 0.667 bits per heavy atom. The van der Waals surface area contributed by atoms with Gasteiger partial charge in [0, 0.05) is 0 Å². The fourth-order valence-corrected chi connectivity index (χ4v) is 2.78. The van der Waals surface area contributed by atoms with Gasteiger partial charge in [-0.05, 0) is 0 Å². The van der Waals surface area contributed by atoms with Crippen molar-refractivity contribution in [3.63, 3.8) is 0 Å². The van der Waals surface area contributed by atoms with E-state index in [0.717, 1.165) is 0 Å². The molecule has 0 saturated heterocycles. The Kier molecular flexibility index (Phi) is 5.17. The van der Waals surface area contributed by atoms with Crippen molar-refractivity contribution in [2.45, 2.75) is 0 Å². The molecule has 0 rings (SSSR count). The molecule has 15 heavy (non-hydrogen) atoms. The van der Waals surface area contributed by atoms with Crippen molar-refractivity contribution in [1.29, 1.82) is 0 Å². The van der Waals surface area contributed by atoms with Crippen molar-refractivity contribution < 1.29 is 46.1 Å². The summed E-state index contributed by atoms with van der Waals surface area (Å²) in [5.41, 5.74) is 0. The van der Waals surface area contributed by atoms with Gasteiger partial charge in [0.05, 0.1) is 0 Å². The summed E-state index contributed by atoms with van der Waals surface area (Å²) in [5.74, 6) is 0. The molecule has 0 N–H and O–H groups in total. The summed E-state index contributed by atoms with van der Waals surface area (Å²) in [4.78, 5) is 63.4. The van der Waals surface area contributed by atoms with E-state index in [9.17, 15) is 28.8 Å². The molecule has 0 saturated carbocycles. The van der Waals surface area contributed by atoms with Crippen molar-refractivity contribution in [2.75, 3.05) is 0 Å². The molecule has 0 radical (unpaired) electrons. The molecule has 0 atom stereocenters. The first-order valence-electron chi connectivity index (χ1n) is 3.12. The Morgan fingerprint density at radius 1 is 0.533 bits per heavy atom. The molecule has 0 heterocycles. The first-order valence-corrected chi connectivity index (χ1v) is 13.9. The first kappa shape index (κ1) is 16.5. The van der Waals surface area contributed by atoms with Gasteiger partial charge in [-0.1, -0.05) is 0 Å². The Bertz CT molecular complexity index is 252. The molecule has 0 aromatic heterocycles. The van der Waals surface area contributed by atoms with Crippen molar-refractivity contribution in [2.24, 2.45) is 0 Å². The van der Waals surface area contributed by atoms with Crippen LogP contribution in [0.3, 0.4) is 0 Å². The van der Waals surface area contributed by atoms with Crippen LogP contribution in [0.25, 0.3) is 0 Å². The summed E-state index contributed by atoms with van der Waals surface area (Å²) in [6.45, 7) is 0. The summed E-state index contributed by atoms with van der Waals surface area (Å²) in [6.07, 6.45) is 0. The van der Waals surface area contributed by atoms with Gasteiger partial charge in [0.15, 0.2) is 0 Å². The molecule has 0 aliphatic rings. The fraction of sp³-hybridized carbons (Fsp3) is 0. The molecule has 0 bridgehead atoms. The maximum atomic E-state index is 10.6.